The second-order valence-corrected chi connectivity index (χ2v) is 6.84. The van der Waals surface area contributed by atoms with E-state index in [1.807, 2.05) is 36.4 Å². The zero-order valence-electron chi connectivity index (χ0n) is 13.9. The van der Waals surface area contributed by atoms with Gasteiger partial charge in [-0.15, -0.1) is 0 Å². The first-order valence-electron chi connectivity index (χ1n) is 7.49. The molecule has 0 aliphatic heterocycles. The number of aliphatic imine (C=N–C) groups is 1. The number of amides is 1. The highest BCUT2D eigenvalue weighted by Gasteiger charge is 2.14. The monoisotopic (exact) mass is 328 g/mol. The van der Waals surface area contributed by atoms with E-state index in [1.54, 1.807) is 19.1 Å². The third kappa shape index (κ3) is 4.67. The van der Waals surface area contributed by atoms with Crippen LogP contribution in [0.3, 0.4) is 0 Å². The Morgan fingerprint density at radius 3 is 2.22 bits per heavy atom. The molecule has 4 heteroatoms. The summed E-state index contributed by atoms with van der Waals surface area (Å²) in [6.45, 7) is 8.16. The quantitative estimate of drug-likeness (QED) is 0.603. The van der Waals surface area contributed by atoms with Crippen molar-refractivity contribution in [2.75, 3.05) is 0 Å². The van der Waals surface area contributed by atoms with Gasteiger partial charge < -0.3 is 5.32 Å². The molecule has 0 heterocycles. The zero-order valence-corrected chi connectivity index (χ0v) is 14.6. The summed E-state index contributed by atoms with van der Waals surface area (Å²) in [5.74, 6) is 0.321. The number of nitrogens with zero attached hydrogens (tertiary/aromatic N) is 1. The second kappa shape index (κ2) is 6.97. The third-order valence-electron chi connectivity index (χ3n) is 3.45. The summed E-state index contributed by atoms with van der Waals surface area (Å²) >= 11 is 6.06. The van der Waals surface area contributed by atoms with Crippen LogP contribution in [0, 0.1) is 0 Å². The molecule has 0 unspecified atom stereocenters. The van der Waals surface area contributed by atoms with Crippen LogP contribution in [0.4, 0.5) is 5.69 Å². The van der Waals surface area contributed by atoms with E-state index in [9.17, 15) is 4.79 Å². The molecule has 0 fully saturated rings. The molecule has 2 aromatic rings. The largest absolute Gasteiger partial charge is 0.310 e. The first kappa shape index (κ1) is 17.2. The fourth-order valence-electron chi connectivity index (χ4n) is 2.11. The molecule has 0 spiro atoms. The van der Waals surface area contributed by atoms with Crippen molar-refractivity contribution in [1.82, 2.24) is 5.32 Å². The average Bonchev–Trinajstić information content (AvgIpc) is 2.49. The first-order valence-corrected chi connectivity index (χ1v) is 7.87. The molecule has 1 N–H and O–H groups in total. The highest BCUT2D eigenvalue weighted by atomic mass is 35.5. The standard InChI is InChI=1S/C19H21ClN2O/c1-13(21-17-8-6-5-7-16(17)20)22-18(23)14-9-11-15(12-10-14)19(2,3)4/h5-12H,1-4H3,(H,21,22,23). The van der Waals surface area contributed by atoms with E-state index in [0.29, 0.717) is 22.1 Å². The molecule has 3 nitrogen and oxygen atoms in total. The van der Waals surface area contributed by atoms with Gasteiger partial charge in [0.05, 0.1) is 10.7 Å². The summed E-state index contributed by atoms with van der Waals surface area (Å²) in [5, 5.41) is 3.33. The molecule has 0 bridgehead atoms. The molecule has 0 atom stereocenters. The molecule has 0 aliphatic rings. The fraction of sp³-hybridized carbons (Fsp3) is 0.263. The van der Waals surface area contributed by atoms with Crippen molar-refractivity contribution in [2.45, 2.75) is 33.1 Å². The van der Waals surface area contributed by atoms with Crippen molar-refractivity contribution in [2.24, 2.45) is 4.99 Å². The maximum atomic E-state index is 12.3. The molecule has 0 aromatic heterocycles. The zero-order chi connectivity index (χ0) is 17.0. The lowest BCUT2D eigenvalue weighted by atomic mass is 9.87. The number of hydrogen-bond acceptors (Lipinski definition) is 2. The maximum absolute atomic E-state index is 12.3. The van der Waals surface area contributed by atoms with Crippen molar-refractivity contribution < 1.29 is 4.79 Å². The molecule has 1 amide bonds. The van der Waals surface area contributed by atoms with Gasteiger partial charge in [-0.05, 0) is 42.2 Å². The summed E-state index contributed by atoms with van der Waals surface area (Å²) in [6.07, 6.45) is 0. The van der Waals surface area contributed by atoms with Gasteiger partial charge in [-0.3, -0.25) is 4.79 Å². The lowest BCUT2D eigenvalue weighted by Gasteiger charge is -2.19. The minimum Gasteiger partial charge on any atom is -0.310 e. The maximum Gasteiger partial charge on any atom is 0.256 e. The summed E-state index contributed by atoms with van der Waals surface area (Å²) in [6, 6.07) is 14.9. The van der Waals surface area contributed by atoms with Gasteiger partial charge in [-0.25, -0.2) is 4.99 Å². The molecule has 2 aromatic carbocycles. The van der Waals surface area contributed by atoms with Crippen molar-refractivity contribution in [3.8, 4) is 0 Å². The van der Waals surface area contributed by atoms with Crippen molar-refractivity contribution >= 4 is 29.0 Å². The van der Waals surface area contributed by atoms with Gasteiger partial charge in [0.25, 0.3) is 5.91 Å². The van der Waals surface area contributed by atoms with E-state index in [0.717, 1.165) is 0 Å². The van der Waals surface area contributed by atoms with Gasteiger partial charge >= 0.3 is 0 Å². The van der Waals surface area contributed by atoms with E-state index in [4.69, 9.17) is 11.6 Å². The Balaban J connectivity index is 2.11. The van der Waals surface area contributed by atoms with Crippen LogP contribution < -0.4 is 5.32 Å². The fourth-order valence-corrected chi connectivity index (χ4v) is 2.29. The average molecular weight is 329 g/mol. The smallest absolute Gasteiger partial charge is 0.256 e. The Hall–Kier alpha value is -2.13. The van der Waals surface area contributed by atoms with Crippen LogP contribution in [0.1, 0.15) is 43.6 Å². The van der Waals surface area contributed by atoms with Crippen LogP contribution in [-0.2, 0) is 5.41 Å². The minimum atomic E-state index is -0.182. The number of nitrogens with one attached hydrogen (secondary N) is 1. The normalized spacial score (nSPS) is 12.1. The topological polar surface area (TPSA) is 41.5 Å². The van der Waals surface area contributed by atoms with E-state index in [-0.39, 0.29) is 11.3 Å². The summed E-state index contributed by atoms with van der Waals surface area (Å²) in [7, 11) is 0. The SMILES string of the molecule is CC(=Nc1ccccc1Cl)NC(=O)c1ccc(C(C)(C)C)cc1. The Labute approximate surface area is 142 Å². The van der Waals surface area contributed by atoms with Crippen LogP contribution in [0.2, 0.25) is 5.02 Å². The van der Waals surface area contributed by atoms with Gasteiger partial charge in [0.1, 0.15) is 5.84 Å². The molecule has 0 aliphatic carbocycles. The van der Waals surface area contributed by atoms with Gasteiger partial charge in [-0.1, -0.05) is 56.6 Å². The lowest BCUT2D eigenvalue weighted by Crippen LogP contribution is -2.28. The van der Waals surface area contributed by atoms with Gasteiger partial charge in [-0.2, -0.15) is 0 Å². The molecule has 2 rings (SSSR count). The van der Waals surface area contributed by atoms with Crippen LogP contribution in [0.15, 0.2) is 53.5 Å². The molecule has 0 saturated carbocycles. The predicted octanol–water partition coefficient (Wildman–Crippen LogP) is 5.12. The molecule has 23 heavy (non-hydrogen) atoms. The number of rotatable bonds is 2. The summed E-state index contributed by atoms with van der Waals surface area (Å²) in [5.41, 5.74) is 2.49. The number of carbonyl (C=O) groups excluding carboxylic acids is 1. The van der Waals surface area contributed by atoms with Gasteiger partial charge in [0, 0.05) is 5.56 Å². The predicted molar refractivity (Wildman–Crippen MR) is 96.8 cm³/mol. The summed E-state index contributed by atoms with van der Waals surface area (Å²) in [4.78, 5) is 16.6. The van der Waals surface area contributed by atoms with Crippen LogP contribution >= 0.6 is 11.6 Å². The van der Waals surface area contributed by atoms with Crippen molar-refractivity contribution in [3.05, 3.63) is 64.7 Å². The number of benzene rings is 2. The minimum absolute atomic E-state index is 0.0659. The van der Waals surface area contributed by atoms with E-state index in [1.165, 1.54) is 5.56 Å². The first-order chi connectivity index (χ1) is 10.8. The number of para-hydroxylation sites is 1. The van der Waals surface area contributed by atoms with E-state index >= 15 is 0 Å². The molecular weight excluding hydrogens is 308 g/mol. The molecule has 120 valence electrons. The Bertz CT molecular complexity index is 728. The number of halogens is 1. The highest BCUT2D eigenvalue weighted by molar-refractivity contribution is 6.33. The van der Waals surface area contributed by atoms with Crippen LogP contribution in [0.5, 0.6) is 0 Å². The Morgan fingerprint density at radius 2 is 1.65 bits per heavy atom. The summed E-state index contributed by atoms with van der Waals surface area (Å²) < 4.78 is 0. The van der Waals surface area contributed by atoms with Crippen LogP contribution in [-0.4, -0.2) is 11.7 Å². The van der Waals surface area contributed by atoms with Gasteiger partial charge in [0.15, 0.2) is 0 Å². The van der Waals surface area contributed by atoms with E-state index < -0.39 is 0 Å². The van der Waals surface area contributed by atoms with Crippen molar-refractivity contribution in [1.29, 1.82) is 0 Å². The molecule has 0 radical (unpaired) electrons. The van der Waals surface area contributed by atoms with Gasteiger partial charge in [0.2, 0.25) is 0 Å². The number of carbonyl (C=O) groups is 1. The van der Waals surface area contributed by atoms with E-state index in [2.05, 4.69) is 31.1 Å². The Morgan fingerprint density at radius 1 is 1.04 bits per heavy atom. The van der Waals surface area contributed by atoms with Crippen LogP contribution in [0.25, 0.3) is 0 Å². The number of hydrogen-bond donors (Lipinski definition) is 1. The number of amidine groups is 1. The highest BCUT2D eigenvalue weighted by Crippen LogP contribution is 2.24. The lowest BCUT2D eigenvalue weighted by molar-refractivity contribution is 0.0977. The van der Waals surface area contributed by atoms with Crippen molar-refractivity contribution in [3.63, 3.8) is 0 Å². The second-order valence-electron chi connectivity index (χ2n) is 6.43. The molecule has 0 saturated heterocycles. The third-order valence-corrected chi connectivity index (χ3v) is 3.77. The molecular formula is C19H21ClN2O. The Kier molecular flexibility index (Phi) is 5.22.